The number of piperidine rings is 1. The molecule has 0 unspecified atom stereocenters. The normalized spacial score (nSPS) is 16.7. The Hall–Kier alpha value is -1.55. The zero-order valence-corrected chi connectivity index (χ0v) is 13.1. The molecule has 1 aromatic rings. The second-order valence-corrected chi connectivity index (χ2v) is 5.52. The van der Waals surface area contributed by atoms with E-state index >= 15 is 0 Å². The summed E-state index contributed by atoms with van der Waals surface area (Å²) in [4.78, 5) is 14.9. The maximum Gasteiger partial charge on any atom is 0.255 e. The summed E-state index contributed by atoms with van der Waals surface area (Å²) < 4.78 is 5.53. The molecule has 0 bridgehead atoms. The first kappa shape index (κ1) is 15.8. The molecule has 21 heavy (non-hydrogen) atoms. The van der Waals surface area contributed by atoms with E-state index in [0.29, 0.717) is 17.9 Å². The fourth-order valence-corrected chi connectivity index (χ4v) is 2.82. The van der Waals surface area contributed by atoms with E-state index in [0.717, 1.165) is 32.5 Å². The van der Waals surface area contributed by atoms with Gasteiger partial charge in [0.2, 0.25) is 0 Å². The highest BCUT2D eigenvalue weighted by Gasteiger charge is 2.21. The van der Waals surface area contributed by atoms with Crippen molar-refractivity contribution in [2.75, 3.05) is 26.2 Å². The van der Waals surface area contributed by atoms with Crippen LogP contribution in [0.25, 0.3) is 0 Å². The van der Waals surface area contributed by atoms with Crippen molar-refractivity contribution in [3.05, 3.63) is 29.8 Å². The first-order valence-electron chi connectivity index (χ1n) is 7.99. The Morgan fingerprint density at radius 2 is 2.00 bits per heavy atom. The maximum absolute atomic E-state index is 12.4. The van der Waals surface area contributed by atoms with Crippen LogP contribution in [0.1, 0.15) is 43.5 Å². The molecule has 0 spiro atoms. The Bertz CT molecular complexity index is 454. The number of benzene rings is 1. The van der Waals surface area contributed by atoms with Gasteiger partial charge in [-0.15, -0.1) is 0 Å². The molecule has 4 nitrogen and oxygen atoms in total. The summed E-state index contributed by atoms with van der Waals surface area (Å²) in [7, 11) is 0. The van der Waals surface area contributed by atoms with Crippen molar-refractivity contribution in [1.82, 2.24) is 10.2 Å². The molecule has 0 radical (unpaired) electrons. The number of carbonyl (C=O) groups excluding carboxylic acids is 1. The second kappa shape index (κ2) is 8.03. The predicted molar refractivity (Wildman–Crippen MR) is 84.8 cm³/mol. The van der Waals surface area contributed by atoms with Crippen molar-refractivity contribution in [2.45, 2.75) is 39.2 Å². The summed E-state index contributed by atoms with van der Waals surface area (Å²) in [6, 6.07) is 7.72. The first-order valence-corrected chi connectivity index (χ1v) is 7.99. The Morgan fingerprint density at radius 1 is 1.29 bits per heavy atom. The number of amides is 1. The number of carbonyl (C=O) groups is 1. The highest BCUT2D eigenvalue weighted by molar-refractivity contribution is 5.97. The summed E-state index contributed by atoms with van der Waals surface area (Å²) >= 11 is 0. The van der Waals surface area contributed by atoms with Gasteiger partial charge in [0.1, 0.15) is 5.75 Å². The summed E-state index contributed by atoms with van der Waals surface area (Å²) in [5, 5.41) is 3.15. The number of hydrogen-bond acceptors (Lipinski definition) is 3. The van der Waals surface area contributed by atoms with Gasteiger partial charge < -0.3 is 15.0 Å². The van der Waals surface area contributed by atoms with Crippen LogP contribution in [0.3, 0.4) is 0 Å². The lowest BCUT2D eigenvalue weighted by atomic mass is 10.0. The van der Waals surface area contributed by atoms with Gasteiger partial charge in [-0.05, 0) is 44.9 Å². The number of nitrogens with one attached hydrogen (secondary N) is 1. The Kier molecular flexibility index (Phi) is 6.05. The van der Waals surface area contributed by atoms with Crippen LogP contribution in [0.4, 0.5) is 0 Å². The van der Waals surface area contributed by atoms with E-state index in [1.807, 2.05) is 31.2 Å². The molecular formula is C17H26N2O2. The minimum atomic E-state index is -0.0204. The number of ether oxygens (including phenoxy) is 1. The number of hydrogen-bond donors (Lipinski definition) is 1. The minimum Gasteiger partial charge on any atom is -0.493 e. The van der Waals surface area contributed by atoms with Gasteiger partial charge >= 0.3 is 0 Å². The van der Waals surface area contributed by atoms with E-state index in [1.54, 1.807) is 0 Å². The van der Waals surface area contributed by atoms with Crippen molar-refractivity contribution < 1.29 is 9.53 Å². The molecule has 2 rings (SSSR count). The molecule has 4 heteroatoms. The highest BCUT2D eigenvalue weighted by Crippen LogP contribution is 2.19. The number of nitrogens with zero attached hydrogens (tertiary/aromatic N) is 1. The van der Waals surface area contributed by atoms with Crippen LogP contribution in [0, 0.1) is 0 Å². The average Bonchev–Trinajstić information content (AvgIpc) is 2.50. The van der Waals surface area contributed by atoms with Crippen LogP contribution in [0.2, 0.25) is 0 Å². The van der Waals surface area contributed by atoms with Gasteiger partial charge in [0, 0.05) is 19.1 Å². The van der Waals surface area contributed by atoms with Gasteiger partial charge in [0.25, 0.3) is 5.91 Å². The van der Waals surface area contributed by atoms with E-state index in [1.165, 1.54) is 6.42 Å². The van der Waals surface area contributed by atoms with E-state index in [-0.39, 0.29) is 11.9 Å². The van der Waals surface area contributed by atoms with E-state index in [2.05, 4.69) is 17.1 Å². The summed E-state index contributed by atoms with van der Waals surface area (Å²) in [6.45, 7) is 8.02. The number of rotatable bonds is 6. The lowest BCUT2D eigenvalue weighted by molar-refractivity contribution is 0.0907. The molecule has 1 aromatic carbocycles. The van der Waals surface area contributed by atoms with Crippen molar-refractivity contribution >= 4 is 5.91 Å². The highest BCUT2D eigenvalue weighted by atomic mass is 16.5. The van der Waals surface area contributed by atoms with E-state index < -0.39 is 0 Å². The summed E-state index contributed by atoms with van der Waals surface area (Å²) in [5.74, 6) is 0.647. The van der Waals surface area contributed by atoms with Gasteiger partial charge in [-0.25, -0.2) is 0 Å². The fraction of sp³-hybridized carbons (Fsp3) is 0.588. The SMILES string of the molecule is CCCN1CCC(NC(=O)c2ccccc2OCC)CC1. The van der Waals surface area contributed by atoms with Gasteiger partial charge in [-0.2, -0.15) is 0 Å². The first-order chi connectivity index (χ1) is 10.2. The number of para-hydroxylation sites is 1. The van der Waals surface area contributed by atoms with Crippen LogP contribution < -0.4 is 10.1 Å². The van der Waals surface area contributed by atoms with Gasteiger partial charge in [-0.1, -0.05) is 19.1 Å². The quantitative estimate of drug-likeness (QED) is 0.876. The largest absolute Gasteiger partial charge is 0.493 e. The molecule has 1 aliphatic rings. The third-order valence-electron chi connectivity index (χ3n) is 3.89. The van der Waals surface area contributed by atoms with E-state index in [4.69, 9.17) is 4.74 Å². The molecule has 0 saturated carbocycles. The van der Waals surface area contributed by atoms with Crippen LogP contribution >= 0.6 is 0 Å². The van der Waals surface area contributed by atoms with Gasteiger partial charge in [0.15, 0.2) is 0 Å². The van der Waals surface area contributed by atoms with Crippen molar-refractivity contribution in [2.24, 2.45) is 0 Å². The zero-order valence-electron chi connectivity index (χ0n) is 13.1. The molecule has 1 saturated heterocycles. The Balaban J connectivity index is 1.90. The van der Waals surface area contributed by atoms with Crippen molar-refractivity contribution in [3.63, 3.8) is 0 Å². The van der Waals surface area contributed by atoms with Crippen molar-refractivity contribution in [3.8, 4) is 5.75 Å². The predicted octanol–water partition coefficient (Wildman–Crippen LogP) is 2.69. The third kappa shape index (κ3) is 4.46. The molecule has 1 N–H and O–H groups in total. The van der Waals surface area contributed by atoms with Crippen LogP contribution in [0.5, 0.6) is 5.75 Å². The molecule has 1 fully saturated rings. The Labute approximate surface area is 127 Å². The fourth-order valence-electron chi connectivity index (χ4n) is 2.82. The zero-order chi connectivity index (χ0) is 15.1. The molecule has 116 valence electrons. The van der Waals surface area contributed by atoms with Gasteiger partial charge in [0.05, 0.1) is 12.2 Å². The second-order valence-electron chi connectivity index (χ2n) is 5.52. The van der Waals surface area contributed by atoms with Crippen LogP contribution in [0.15, 0.2) is 24.3 Å². The Morgan fingerprint density at radius 3 is 2.67 bits per heavy atom. The number of likely N-dealkylation sites (tertiary alicyclic amines) is 1. The smallest absolute Gasteiger partial charge is 0.255 e. The summed E-state index contributed by atoms with van der Waals surface area (Å²) in [6.07, 6.45) is 3.25. The molecule has 1 aliphatic heterocycles. The minimum absolute atomic E-state index is 0.0204. The standard InChI is InChI=1S/C17H26N2O2/c1-3-11-19-12-9-14(10-13-19)18-17(20)15-7-5-6-8-16(15)21-4-2/h5-8,14H,3-4,9-13H2,1-2H3,(H,18,20). The molecule has 0 aromatic heterocycles. The van der Waals surface area contributed by atoms with Gasteiger partial charge in [-0.3, -0.25) is 4.79 Å². The molecule has 0 atom stereocenters. The lowest BCUT2D eigenvalue weighted by Gasteiger charge is -2.32. The monoisotopic (exact) mass is 290 g/mol. The topological polar surface area (TPSA) is 41.6 Å². The third-order valence-corrected chi connectivity index (χ3v) is 3.89. The summed E-state index contributed by atoms with van der Waals surface area (Å²) in [5.41, 5.74) is 0.635. The van der Waals surface area contributed by atoms with Crippen LogP contribution in [-0.2, 0) is 0 Å². The average molecular weight is 290 g/mol. The van der Waals surface area contributed by atoms with Crippen molar-refractivity contribution in [1.29, 1.82) is 0 Å². The molecule has 1 amide bonds. The van der Waals surface area contributed by atoms with Crippen LogP contribution in [-0.4, -0.2) is 43.1 Å². The molecule has 0 aliphatic carbocycles. The molecule has 1 heterocycles. The lowest BCUT2D eigenvalue weighted by Crippen LogP contribution is -2.44. The molecular weight excluding hydrogens is 264 g/mol. The van der Waals surface area contributed by atoms with E-state index in [9.17, 15) is 4.79 Å². The maximum atomic E-state index is 12.4.